The molecule has 0 aliphatic heterocycles. The molecule has 0 radical (unpaired) electrons. The third-order valence-corrected chi connectivity index (χ3v) is 7.53. The van der Waals surface area contributed by atoms with Crippen molar-refractivity contribution in [3.8, 4) is 0 Å². The predicted molar refractivity (Wildman–Crippen MR) is 137 cm³/mol. The number of sulfonamides is 1. The van der Waals surface area contributed by atoms with Crippen molar-refractivity contribution in [2.24, 2.45) is 5.73 Å². The molecule has 0 unspecified atom stereocenters. The Morgan fingerprint density at radius 3 is 2.23 bits per heavy atom. The Morgan fingerprint density at radius 2 is 1.60 bits per heavy atom. The van der Waals surface area contributed by atoms with Crippen molar-refractivity contribution in [3.05, 3.63) is 100 Å². The number of nitrogens with zero attached hydrogens (tertiary/aromatic N) is 1. The summed E-state index contributed by atoms with van der Waals surface area (Å²) < 4.78 is 28.4. The molecule has 0 atom stereocenters. The fourth-order valence-electron chi connectivity index (χ4n) is 3.52. The zero-order valence-corrected chi connectivity index (χ0v) is 21.0. The molecule has 0 aliphatic rings. The predicted octanol–water partition coefficient (Wildman–Crippen LogP) is 4.36. The highest BCUT2D eigenvalue weighted by Crippen LogP contribution is 2.24. The van der Waals surface area contributed by atoms with Gasteiger partial charge in [0, 0.05) is 35.8 Å². The lowest BCUT2D eigenvalue weighted by atomic mass is 10.1. The maximum absolute atomic E-state index is 13.6. The summed E-state index contributed by atoms with van der Waals surface area (Å²) in [5, 5.41) is 3.28. The molecule has 9 heteroatoms. The van der Waals surface area contributed by atoms with E-state index in [1.165, 1.54) is 28.6 Å². The molecule has 0 aromatic heterocycles. The Balaban J connectivity index is 1.91. The zero-order valence-electron chi connectivity index (χ0n) is 19.4. The molecule has 0 aliphatic carbocycles. The van der Waals surface area contributed by atoms with Crippen molar-refractivity contribution in [3.63, 3.8) is 0 Å². The molecule has 3 aromatic rings. The number of amides is 2. The van der Waals surface area contributed by atoms with Gasteiger partial charge in [0.05, 0.1) is 4.90 Å². The Kier molecular flexibility index (Phi) is 9.03. The fourth-order valence-corrected chi connectivity index (χ4v) is 5.05. The van der Waals surface area contributed by atoms with Crippen molar-refractivity contribution >= 4 is 33.4 Å². The number of rotatable bonds is 11. The van der Waals surface area contributed by atoms with Crippen LogP contribution in [-0.4, -0.2) is 31.1 Å². The summed E-state index contributed by atoms with van der Waals surface area (Å²) in [4.78, 5) is 24.3. The number of benzene rings is 3. The van der Waals surface area contributed by atoms with Crippen molar-refractivity contribution in [1.82, 2.24) is 9.62 Å². The highest BCUT2D eigenvalue weighted by molar-refractivity contribution is 7.89. The second kappa shape index (κ2) is 12.0. The van der Waals surface area contributed by atoms with Crippen LogP contribution < -0.4 is 11.1 Å². The molecule has 184 valence electrons. The second-order valence-electron chi connectivity index (χ2n) is 8.05. The van der Waals surface area contributed by atoms with Crippen LogP contribution in [0.1, 0.15) is 51.6 Å². The first-order valence-electron chi connectivity index (χ1n) is 11.2. The topological polar surface area (TPSA) is 110 Å². The van der Waals surface area contributed by atoms with E-state index in [1.807, 2.05) is 6.92 Å². The Bertz CT molecular complexity index is 1280. The van der Waals surface area contributed by atoms with E-state index in [1.54, 1.807) is 48.5 Å². The highest BCUT2D eigenvalue weighted by atomic mass is 35.5. The third-order valence-electron chi connectivity index (χ3n) is 5.47. The summed E-state index contributed by atoms with van der Waals surface area (Å²) in [6.07, 6.45) is 1.88. The number of halogens is 1. The average molecular weight is 514 g/mol. The summed E-state index contributed by atoms with van der Waals surface area (Å²) in [5.41, 5.74) is 7.43. The van der Waals surface area contributed by atoms with Gasteiger partial charge in [-0.1, -0.05) is 55.3 Å². The van der Waals surface area contributed by atoms with Gasteiger partial charge in [-0.25, -0.2) is 8.42 Å². The Morgan fingerprint density at radius 1 is 0.943 bits per heavy atom. The van der Waals surface area contributed by atoms with Crippen LogP contribution in [0.5, 0.6) is 0 Å². The van der Waals surface area contributed by atoms with Crippen LogP contribution >= 0.6 is 11.6 Å². The average Bonchev–Trinajstić information content (AvgIpc) is 2.84. The van der Waals surface area contributed by atoms with Crippen LogP contribution in [-0.2, 0) is 23.1 Å². The maximum Gasteiger partial charge on any atom is 0.251 e. The van der Waals surface area contributed by atoms with Gasteiger partial charge in [-0.3, -0.25) is 9.59 Å². The van der Waals surface area contributed by atoms with Gasteiger partial charge in [0.25, 0.3) is 5.91 Å². The van der Waals surface area contributed by atoms with Crippen LogP contribution in [0, 0.1) is 0 Å². The lowest BCUT2D eigenvalue weighted by molar-refractivity contribution is 0.0951. The van der Waals surface area contributed by atoms with E-state index in [4.69, 9.17) is 17.3 Å². The normalized spacial score (nSPS) is 11.4. The minimum absolute atomic E-state index is 0.0236. The van der Waals surface area contributed by atoms with Gasteiger partial charge < -0.3 is 11.1 Å². The first-order chi connectivity index (χ1) is 16.7. The zero-order chi connectivity index (χ0) is 25.4. The van der Waals surface area contributed by atoms with Gasteiger partial charge in [-0.15, -0.1) is 0 Å². The molecule has 0 saturated carbocycles. The summed E-state index contributed by atoms with van der Waals surface area (Å²) in [7, 11) is -3.95. The second-order valence-corrected chi connectivity index (χ2v) is 10.4. The van der Waals surface area contributed by atoms with Gasteiger partial charge in [0.15, 0.2) is 0 Å². The number of unbranched alkanes of at least 4 members (excludes halogenated alkanes) is 1. The number of nitrogens with two attached hydrogens (primary N) is 1. The minimum atomic E-state index is -3.95. The first-order valence-corrected chi connectivity index (χ1v) is 13.0. The van der Waals surface area contributed by atoms with E-state index in [0.717, 1.165) is 12.8 Å². The standard InChI is InChI=1S/C26H28ClN3O4S/c1-2-3-16-29-26(32)20-10-8-19(9-11-20)17-30(18-21-6-4-5-7-24(21)25(28)31)35(33,34)23-14-12-22(27)13-15-23/h4-15H,2-3,16-18H2,1H3,(H2,28,31)(H,29,32). The molecule has 0 bridgehead atoms. The number of carbonyl (C=O) groups is 2. The van der Waals surface area contributed by atoms with E-state index in [9.17, 15) is 18.0 Å². The van der Waals surface area contributed by atoms with Crippen molar-refractivity contribution in [2.75, 3.05) is 6.54 Å². The highest BCUT2D eigenvalue weighted by Gasteiger charge is 2.26. The monoisotopic (exact) mass is 513 g/mol. The molecule has 0 spiro atoms. The van der Waals surface area contributed by atoms with Crippen LogP contribution in [0.3, 0.4) is 0 Å². The van der Waals surface area contributed by atoms with Crippen molar-refractivity contribution < 1.29 is 18.0 Å². The number of hydrogen-bond acceptors (Lipinski definition) is 4. The molecule has 7 nitrogen and oxygen atoms in total. The third kappa shape index (κ3) is 6.91. The van der Waals surface area contributed by atoms with E-state index in [0.29, 0.717) is 28.3 Å². The fraction of sp³-hybridized carbons (Fsp3) is 0.231. The molecule has 3 N–H and O–H groups in total. The molecule has 2 amide bonds. The summed E-state index contributed by atoms with van der Waals surface area (Å²) in [6, 6.07) is 19.3. The molecule has 0 saturated heterocycles. The van der Waals surface area contributed by atoms with E-state index in [-0.39, 0.29) is 29.5 Å². The van der Waals surface area contributed by atoms with Crippen LogP contribution in [0.2, 0.25) is 5.02 Å². The number of nitrogens with one attached hydrogen (secondary N) is 1. The molecule has 3 rings (SSSR count). The van der Waals surface area contributed by atoms with Gasteiger partial charge in [0.2, 0.25) is 15.9 Å². The number of hydrogen-bond donors (Lipinski definition) is 2. The quantitative estimate of drug-likeness (QED) is 0.371. The first kappa shape index (κ1) is 26.4. The van der Waals surface area contributed by atoms with Crippen LogP contribution in [0.15, 0.2) is 77.7 Å². The summed E-state index contributed by atoms with van der Waals surface area (Å²) in [5.74, 6) is -0.811. The van der Waals surface area contributed by atoms with Crippen molar-refractivity contribution in [2.45, 2.75) is 37.8 Å². The lowest BCUT2D eigenvalue weighted by Gasteiger charge is -2.23. The molecule has 3 aromatic carbocycles. The minimum Gasteiger partial charge on any atom is -0.366 e. The van der Waals surface area contributed by atoms with Crippen LogP contribution in [0.4, 0.5) is 0 Å². The largest absolute Gasteiger partial charge is 0.366 e. The maximum atomic E-state index is 13.6. The molecule has 0 heterocycles. The molecular formula is C26H28ClN3O4S. The van der Waals surface area contributed by atoms with Crippen molar-refractivity contribution in [1.29, 1.82) is 0 Å². The summed E-state index contributed by atoms with van der Waals surface area (Å²) in [6.45, 7) is 2.61. The lowest BCUT2D eigenvalue weighted by Crippen LogP contribution is -2.31. The molecule has 0 fully saturated rings. The van der Waals surface area contributed by atoms with Gasteiger partial charge in [-0.05, 0) is 60.0 Å². The van der Waals surface area contributed by atoms with E-state index in [2.05, 4.69) is 5.32 Å². The smallest absolute Gasteiger partial charge is 0.251 e. The van der Waals surface area contributed by atoms with E-state index < -0.39 is 15.9 Å². The Hall–Kier alpha value is -3.20. The molecular weight excluding hydrogens is 486 g/mol. The van der Waals surface area contributed by atoms with Gasteiger partial charge in [0.1, 0.15) is 0 Å². The SMILES string of the molecule is CCCCNC(=O)c1ccc(CN(Cc2ccccc2C(N)=O)S(=O)(=O)c2ccc(Cl)cc2)cc1. The number of carbonyl (C=O) groups excluding carboxylic acids is 2. The molecule has 35 heavy (non-hydrogen) atoms. The van der Waals surface area contributed by atoms with Gasteiger partial charge >= 0.3 is 0 Å². The van der Waals surface area contributed by atoms with E-state index >= 15 is 0 Å². The van der Waals surface area contributed by atoms with Gasteiger partial charge in [-0.2, -0.15) is 4.31 Å². The number of primary amides is 1. The Labute approximate surface area is 211 Å². The van der Waals surface area contributed by atoms with Crippen LogP contribution in [0.25, 0.3) is 0 Å². The summed E-state index contributed by atoms with van der Waals surface area (Å²) >= 11 is 5.94.